The quantitative estimate of drug-likeness (QED) is 0.613. The van der Waals surface area contributed by atoms with Crippen molar-refractivity contribution in [2.45, 2.75) is 32.2 Å². The zero-order valence-corrected chi connectivity index (χ0v) is 7.18. The number of nitrogens with one attached hydrogen (secondary N) is 1. The Kier molecular flexibility index (Phi) is 2.18. The topological polar surface area (TPSA) is 55.1 Å². The first kappa shape index (κ1) is 8.53. The molecule has 0 aliphatic heterocycles. The molecule has 3 N–H and O–H groups in total. The number of primary amides is 1. The molecule has 1 unspecified atom stereocenters. The largest absolute Gasteiger partial charge is 0.368 e. The second-order valence-electron chi connectivity index (χ2n) is 3.37. The molecule has 0 heterocycles. The van der Waals surface area contributed by atoms with Crippen LogP contribution < -0.4 is 11.1 Å². The number of rotatable bonds is 4. The molecule has 0 aromatic carbocycles. The van der Waals surface area contributed by atoms with Gasteiger partial charge in [0.05, 0.1) is 5.54 Å². The molecule has 1 aliphatic carbocycles. The van der Waals surface area contributed by atoms with Crippen molar-refractivity contribution >= 4 is 5.91 Å². The second-order valence-corrected chi connectivity index (χ2v) is 3.37. The van der Waals surface area contributed by atoms with Gasteiger partial charge < -0.3 is 11.1 Å². The average molecular weight is 156 g/mol. The lowest BCUT2D eigenvalue weighted by Gasteiger charge is -2.26. The minimum atomic E-state index is -0.450. The van der Waals surface area contributed by atoms with E-state index >= 15 is 0 Å². The summed E-state index contributed by atoms with van der Waals surface area (Å²) in [4.78, 5) is 11.1. The highest BCUT2D eigenvalue weighted by Gasteiger charge is 2.45. The van der Waals surface area contributed by atoms with E-state index in [-0.39, 0.29) is 5.91 Å². The fraction of sp³-hybridized carbons (Fsp3) is 0.875. The molecule has 0 radical (unpaired) electrons. The minimum absolute atomic E-state index is 0.221. The van der Waals surface area contributed by atoms with Crippen LogP contribution >= 0.6 is 0 Å². The van der Waals surface area contributed by atoms with Crippen LogP contribution in [0.5, 0.6) is 0 Å². The van der Waals surface area contributed by atoms with E-state index in [4.69, 9.17) is 5.73 Å². The summed E-state index contributed by atoms with van der Waals surface area (Å²) in [6, 6.07) is 0. The summed E-state index contributed by atoms with van der Waals surface area (Å²) in [5, 5.41) is 3.15. The van der Waals surface area contributed by atoms with Crippen molar-refractivity contribution in [2.75, 3.05) is 6.54 Å². The highest BCUT2D eigenvalue weighted by Crippen LogP contribution is 2.39. The van der Waals surface area contributed by atoms with Gasteiger partial charge in [-0.1, -0.05) is 6.92 Å². The summed E-state index contributed by atoms with van der Waals surface area (Å²) in [5.74, 6) is 0.252. The number of hydrogen-bond acceptors (Lipinski definition) is 2. The van der Waals surface area contributed by atoms with Crippen LogP contribution in [0.2, 0.25) is 0 Å². The molecular formula is C8H16N2O. The number of amides is 1. The van der Waals surface area contributed by atoms with Gasteiger partial charge in [0.25, 0.3) is 0 Å². The molecule has 1 amide bonds. The SMILES string of the molecule is CCNC(C)(C(N)=O)C1CC1. The molecule has 0 aromatic rings. The molecule has 0 aromatic heterocycles. The van der Waals surface area contributed by atoms with E-state index in [1.165, 1.54) is 0 Å². The zero-order chi connectivity index (χ0) is 8.48. The summed E-state index contributed by atoms with van der Waals surface area (Å²) in [6.07, 6.45) is 2.26. The lowest BCUT2D eigenvalue weighted by atomic mass is 9.95. The Bertz CT molecular complexity index is 165. The maximum absolute atomic E-state index is 11.1. The van der Waals surface area contributed by atoms with Crippen LogP contribution in [0.4, 0.5) is 0 Å². The Morgan fingerprint density at radius 3 is 2.55 bits per heavy atom. The van der Waals surface area contributed by atoms with Crippen molar-refractivity contribution in [3.8, 4) is 0 Å². The van der Waals surface area contributed by atoms with E-state index in [1.807, 2.05) is 13.8 Å². The highest BCUT2D eigenvalue weighted by molar-refractivity contribution is 5.85. The molecule has 1 aliphatic rings. The Labute approximate surface area is 67.3 Å². The first-order valence-corrected chi connectivity index (χ1v) is 4.16. The summed E-state index contributed by atoms with van der Waals surface area (Å²) in [7, 11) is 0. The fourth-order valence-electron chi connectivity index (χ4n) is 1.46. The Balaban J connectivity index is 2.61. The first-order valence-electron chi connectivity index (χ1n) is 4.16. The van der Waals surface area contributed by atoms with E-state index in [9.17, 15) is 4.79 Å². The van der Waals surface area contributed by atoms with Crippen molar-refractivity contribution < 1.29 is 4.79 Å². The monoisotopic (exact) mass is 156 g/mol. The lowest BCUT2D eigenvalue weighted by Crippen LogP contribution is -2.54. The standard InChI is InChI=1S/C8H16N2O/c1-3-10-8(2,7(9)11)6-4-5-6/h6,10H,3-5H2,1-2H3,(H2,9,11). The molecule has 1 saturated carbocycles. The summed E-state index contributed by atoms with van der Waals surface area (Å²) in [5.41, 5.74) is 4.85. The number of nitrogens with two attached hydrogens (primary N) is 1. The van der Waals surface area contributed by atoms with Crippen molar-refractivity contribution in [1.82, 2.24) is 5.32 Å². The number of carbonyl (C=O) groups excluding carboxylic acids is 1. The minimum Gasteiger partial charge on any atom is -0.368 e. The van der Waals surface area contributed by atoms with Gasteiger partial charge in [-0.3, -0.25) is 4.79 Å². The van der Waals surface area contributed by atoms with Crippen LogP contribution in [0.25, 0.3) is 0 Å². The molecule has 0 bridgehead atoms. The van der Waals surface area contributed by atoms with Crippen molar-refractivity contribution in [2.24, 2.45) is 11.7 Å². The average Bonchev–Trinajstić information content (AvgIpc) is 2.68. The Morgan fingerprint density at radius 2 is 2.27 bits per heavy atom. The lowest BCUT2D eigenvalue weighted by molar-refractivity contribution is -0.124. The Morgan fingerprint density at radius 1 is 1.73 bits per heavy atom. The maximum Gasteiger partial charge on any atom is 0.237 e. The molecule has 11 heavy (non-hydrogen) atoms. The molecule has 1 atom stereocenters. The molecule has 1 fully saturated rings. The summed E-state index contributed by atoms with van der Waals surface area (Å²) in [6.45, 7) is 4.69. The predicted molar refractivity (Wildman–Crippen MR) is 44.0 cm³/mol. The van der Waals surface area contributed by atoms with Gasteiger partial charge in [-0.2, -0.15) is 0 Å². The van der Waals surface area contributed by atoms with Crippen LogP contribution in [-0.2, 0) is 4.79 Å². The smallest absolute Gasteiger partial charge is 0.237 e. The number of likely N-dealkylation sites (N-methyl/N-ethyl adjacent to an activating group) is 1. The summed E-state index contributed by atoms with van der Waals surface area (Å²) < 4.78 is 0. The summed E-state index contributed by atoms with van der Waals surface area (Å²) >= 11 is 0. The predicted octanol–water partition coefficient (Wildman–Crippen LogP) is 0.250. The fourth-order valence-corrected chi connectivity index (χ4v) is 1.46. The molecule has 3 heteroatoms. The van der Waals surface area contributed by atoms with E-state index in [0.717, 1.165) is 19.4 Å². The van der Waals surface area contributed by atoms with Crippen molar-refractivity contribution in [3.05, 3.63) is 0 Å². The molecule has 3 nitrogen and oxygen atoms in total. The van der Waals surface area contributed by atoms with E-state index in [2.05, 4.69) is 5.32 Å². The maximum atomic E-state index is 11.1. The van der Waals surface area contributed by atoms with Gasteiger partial charge >= 0.3 is 0 Å². The molecule has 0 spiro atoms. The van der Waals surface area contributed by atoms with Crippen LogP contribution in [0, 0.1) is 5.92 Å². The van der Waals surface area contributed by atoms with Gasteiger partial charge in [0.15, 0.2) is 0 Å². The van der Waals surface area contributed by atoms with Crippen LogP contribution in [0.15, 0.2) is 0 Å². The highest BCUT2D eigenvalue weighted by atomic mass is 16.1. The van der Waals surface area contributed by atoms with Gasteiger partial charge in [-0.05, 0) is 32.2 Å². The van der Waals surface area contributed by atoms with E-state index < -0.39 is 5.54 Å². The van der Waals surface area contributed by atoms with E-state index in [0.29, 0.717) is 5.92 Å². The van der Waals surface area contributed by atoms with Gasteiger partial charge in [-0.15, -0.1) is 0 Å². The third kappa shape index (κ3) is 1.53. The normalized spacial score (nSPS) is 22.7. The van der Waals surface area contributed by atoms with Gasteiger partial charge in [0, 0.05) is 0 Å². The molecule has 64 valence electrons. The third-order valence-corrected chi connectivity index (χ3v) is 2.45. The van der Waals surface area contributed by atoms with Crippen LogP contribution in [0.1, 0.15) is 26.7 Å². The van der Waals surface area contributed by atoms with Crippen LogP contribution in [-0.4, -0.2) is 18.0 Å². The second kappa shape index (κ2) is 2.81. The number of carbonyl (C=O) groups is 1. The first-order chi connectivity index (χ1) is 5.11. The molecular weight excluding hydrogens is 140 g/mol. The van der Waals surface area contributed by atoms with Gasteiger partial charge in [0.1, 0.15) is 0 Å². The molecule has 1 rings (SSSR count). The van der Waals surface area contributed by atoms with Gasteiger partial charge in [0.2, 0.25) is 5.91 Å². The molecule has 0 saturated heterocycles. The van der Waals surface area contributed by atoms with E-state index in [1.54, 1.807) is 0 Å². The van der Waals surface area contributed by atoms with Crippen molar-refractivity contribution in [3.63, 3.8) is 0 Å². The van der Waals surface area contributed by atoms with Crippen LogP contribution in [0.3, 0.4) is 0 Å². The van der Waals surface area contributed by atoms with Crippen molar-refractivity contribution in [1.29, 1.82) is 0 Å². The third-order valence-electron chi connectivity index (χ3n) is 2.45. The Hall–Kier alpha value is -0.570. The zero-order valence-electron chi connectivity index (χ0n) is 7.18. The number of hydrogen-bond donors (Lipinski definition) is 2. The van der Waals surface area contributed by atoms with Gasteiger partial charge in [-0.25, -0.2) is 0 Å².